The Bertz CT molecular complexity index is 1080. The number of benzene rings is 1. The lowest BCUT2D eigenvalue weighted by molar-refractivity contribution is -0.127. The van der Waals surface area contributed by atoms with Crippen molar-refractivity contribution in [2.45, 2.75) is 34.2 Å². The first kappa shape index (κ1) is 19.3. The summed E-state index contributed by atoms with van der Waals surface area (Å²) in [4.78, 5) is 39.1. The fourth-order valence-corrected chi connectivity index (χ4v) is 2.50. The number of Topliss-reactive ketones (excluding diaryl/α,β-unsaturated/α-hetero) is 1. The van der Waals surface area contributed by atoms with Gasteiger partial charge in [0.15, 0.2) is 11.5 Å². The van der Waals surface area contributed by atoms with Gasteiger partial charge in [-0.25, -0.2) is 9.48 Å². The number of amides is 1. The molecule has 2 N–H and O–H groups in total. The zero-order chi connectivity index (χ0) is 20.5. The third-order valence-corrected chi connectivity index (χ3v) is 4.14. The molecule has 0 saturated carbocycles. The van der Waals surface area contributed by atoms with Gasteiger partial charge >= 0.3 is 5.69 Å². The maximum Gasteiger partial charge on any atom is 0.330 e. The predicted octanol–water partition coefficient (Wildman–Crippen LogP) is 1.93. The van der Waals surface area contributed by atoms with E-state index in [9.17, 15) is 14.4 Å². The number of hydrogen-bond donors (Lipinski definition) is 2. The van der Waals surface area contributed by atoms with Gasteiger partial charge in [0, 0.05) is 23.0 Å². The second-order valence-corrected chi connectivity index (χ2v) is 7.59. The number of rotatable bonds is 5. The van der Waals surface area contributed by atoms with Crippen molar-refractivity contribution < 1.29 is 9.59 Å². The Morgan fingerprint density at radius 1 is 1.21 bits per heavy atom. The van der Waals surface area contributed by atoms with E-state index in [1.807, 2.05) is 20.8 Å². The molecular formula is C19H22N6O3. The van der Waals surface area contributed by atoms with Gasteiger partial charge in [-0.1, -0.05) is 32.1 Å². The predicted molar refractivity (Wildman–Crippen MR) is 104 cm³/mol. The Morgan fingerprint density at radius 3 is 2.61 bits per heavy atom. The summed E-state index contributed by atoms with van der Waals surface area (Å²) < 4.78 is 2.81. The molecule has 0 radical (unpaired) electrons. The van der Waals surface area contributed by atoms with Crippen LogP contribution >= 0.6 is 0 Å². The lowest BCUT2D eigenvalue weighted by atomic mass is 9.91. The van der Waals surface area contributed by atoms with Crippen LogP contribution < -0.4 is 11.0 Å². The van der Waals surface area contributed by atoms with Crippen molar-refractivity contribution in [2.75, 3.05) is 5.32 Å². The van der Waals surface area contributed by atoms with Gasteiger partial charge in [-0.3, -0.25) is 14.2 Å². The van der Waals surface area contributed by atoms with E-state index in [0.29, 0.717) is 11.4 Å². The fourth-order valence-electron chi connectivity index (χ4n) is 2.50. The average molecular weight is 382 g/mol. The number of H-pyrrole nitrogens is 1. The Labute approximate surface area is 161 Å². The van der Waals surface area contributed by atoms with Gasteiger partial charge in [0.25, 0.3) is 5.91 Å². The molecule has 1 aromatic carbocycles. The van der Waals surface area contributed by atoms with Gasteiger partial charge in [0.1, 0.15) is 6.54 Å². The van der Waals surface area contributed by atoms with E-state index in [2.05, 4.69) is 20.6 Å². The summed E-state index contributed by atoms with van der Waals surface area (Å²) in [6.45, 7) is 7.31. The Hall–Kier alpha value is -3.49. The van der Waals surface area contributed by atoms with Crippen LogP contribution in [0.2, 0.25) is 0 Å². The van der Waals surface area contributed by atoms with Crippen molar-refractivity contribution in [1.82, 2.24) is 24.5 Å². The van der Waals surface area contributed by atoms with Gasteiger partial charge in [-0.2, -0.15) is 0 Å². The standard InChI is InChI=1S/C19H22N6O3/c1-12-9-25(18(28)20-12)14-7-5-6-13(8-14)21-17(27)15-10-24(23-22-15)11-16(26)19(2,3)4/h5-10H,11H2,1-4H3,(H,20,28)(H,21,27). The number of hydrogen-bond acceptors (Lipinski definition) is 5. The molecule has 9 heteroatoms. The quantitative estimate of drug-likeness (QED) is 0.700. The zero-order valence-corrected chi connectivity index (χ0v) is 16.2. The molecule has 146 valence electrons. The first-order chi connectivity index (χ1) is 13.1. The number of aryl methyl sites for hydroxylation is 1. The normalized spacial score (nSPS) is 11.4. The summed E-state index contributed by atoms with van der Waals surface area (Å²) in [6.07, 6.45) is 3.12. The summed E-state index contributed by atoms with van der Waals surface area (Å²) in [7, 11) is 0. The molecule has 9 nitrogen and oxygen atoms in total. The number of nitrogens with one attached hydrogen (secondary N) is 2. The van der Waals surface area contributed by atoms with E-state index in [0.717, 1.165) is 5.69 Å². The molecule has 1 amide bonds. The zero-order valence-electron chi connectivity index (χ0n) is 16.2. The summed E-state index contributed by atoms with van der Waals surface area (Å²) in [5.74, 6) is -0.464. The molecule has 0 bridgehead atoms. The molecule has 0 saturated heterocycles. The average Bonchev–Trinajstić information content (AvgIpc) is 3.20. The molecule has 0 unspecified atom stereocenters. The molecule has 0 spiro atoms. The lowest BCUT2D eigenvalue weighted by Crippen LogP contribution is -2.25. The number of anilines is 1. The molecule has 0 aliphatic heterocycles. The molecule has 3 aromatic rings. The molecule has 0 fully saturated rings. The van der Waals surface area contributed by atoms with Crippen LogP contribution in [0.5, 0.6) is 0 Å². The van der Waals surface area contributed by atoms with Crippen LogP contribution in [0.25, 0.3) is 5.69 Å². The van der Waals surface area contributed by atoms with Gasteiger partial charge < -0.3 is 10.3 Å². The van der Waals surface area contributed by atoms with E-state index in [4.69, 9.17) is 0 Å². The highest BCUT2D eigenvalue weighted by atomic mass is 16.2. The smallest absolute Gasteiger partial charge is 0.320 e. The molecule has 0 atom stereocenters. The fraction of sp³-hybridized carbons (Fsp3) is 0.316. The van der Waals surface area contributed by atoms with E-state index in [1.165, 1.54) is 15.4 Å². The van der Waals surface area contributed by atoms with Crippen LogP contribution in [0.15, 0.2) is 41.5 Å². The van der Waals surface area contributed by atoms with Crippen molar-refractivity contribution in [3.05, 3.63) is 58.5 Å². The second-order valence-electron chi connectivity index (χ2n) is 7.59. The molecule has 2 aromatic heterocycles. The Kier molecular flexibility index (Phi) is 5.00. The summed E-state index contributed by atoms with van der Waals surface area (Å²) in [5.41, 5.74) is 1.21. The monoisotopic (exact) mass is 382 g/mol. The third kappa shape index (κ3) is 4.25. The minimum atomic E-state index is -0.497. The van der Waals surface area contributed by atoms with Crippen molar-refractivity contribution in [3.63, 3.8) is 0 Å². The largest absolute Gasteiger partial charge is 0.330 e. The van der Waals surface area contributed by atoms with Crippen LogP contribution in [0, 0.1) is 12.3 Å². The number of carbonyl (C=O) groups is 2. The molecule has 0 aliphatic carbocycles. The minimum absolute atomic E-state index is 0.00991. The van der Waals surface area contributed by atoms with E-state index >= 15 is 0 Å². The summed E-state index contributed by atoms with van der Waals surface area (Å²) in [5, 5.41) is 10.4. The van der Waals surface area contributed by atoms with Crippen LogP contribution in [0.1, 0.15) is 37.0 Å². The van der Waals surface area contributed by atoms with Crippen LogP contribution in [0.4, 0.5) is 5.69 Å². The molecule has 28 heavy (non-hydrogen) atoms. The Morgan fingerprint density at radius 2 is 1.96 bits per heavy atom. The minimum Gasteiger partial charge on any atom is -0.320 e. The number of imidazole rings is 1. The van der Waals surface area contributed by atoms with Gasteiger partial charge in [0.2, 0.25) is 0 Å². The highest BCUT2D eigenvalue weighted by Crippen LogP contribution is 2.16. The van der Waals surface area contributed by atoms with Crippen molar-refractivity contribution in [3.8, 4) is 5.69 Å². The van der Waals surface area contributed by atoms with E-state index in [1.54, 1.807) is 37.4 Å². The summed E-state index contributed by atoms with van der Waals surface area (Å²) >= 11 is 0. The molecule has 3 rings (SSSR count). The van der Waals surface area contributed by atoms with Crippen molar-refractivity contribution in [1.29, 1.82) is 0 Å². The van der Waals surface area contributed by atoms with Crippen LogP contribution in [-0.2, 0) is 11.3 Å². The first-order valence-electron chi connectivity index (χ1n) is 8.77. The highest BCUT2D eigenvalue weighted by Gasteiger charge is 2.22. The number of aromatic nitrogens is 5. The third-order valence-electron chi connectivity index (χ3n) is 4.14. The van der Waals surface area contributed by atoms with Gasteiger partial charge in [-0.05, 0) is 25.1 Å². The summed E-state index contributed by atoms with van der Waals surface area (Å²) in [6, 6.07) is 6.89. The van der Waals surface area contributed by atoms with Gasteiger partial charge in [-0.15, -0.1) is 5.10 Å². The molecule has 0 aliphatic rings. The number of ketones is 1. The highest BCUT2D eigenvalue weighted by molar-refractivity contribution is 6.02. The number of nitrogens with zero attached hydrogens (tertiary/aromatic N) is 4. The van der Waals surface area contributed by atoms with Crippen LogP contribution in [0.3, 0.4) is 0 Å². The Balaban J connectivity index is 1.74. The first-order valence-corrected chi connectivity index (χ1v) is 8.77. The lowest BCUT2D eigenvalue weighted by Gasteiger charge is -2.15. The molecule has 2 heterocycles. The van der Waals surface area contributed by atoms with E-state index in [-0.39, 0.29) is 23.7 Å². The maximum atomic E-state index is 12.4. The second kappa shape index (κ2) is 7.26. The number of carbonyl (C=O) groups excluding carboxylic acids is 2. The van der Waals surface area contributed by atoms with E-state index < -0.39 is 11.3 Å². The SMILES string of the molecule is Cc1cn(-c2cccc(NC(=O)c3cn(CC(=O)C(C)(C)C)nn3)c2)c(=O)[nH]1. The molecular weight excluding hydrogens is 360 g/mol. The van der Waals surface area contributed by atoms with Crippen LogP contribution in [-0.4, -0.2) is 36.2 Å². The van der Waals surface area contributed by atoms with Crippen molar-refractivity contribution >= 4 is 17.4 Å². The topological polar surface area (TPSA) is 115 Å². The number of aromatic amines is 1. The van der Waals surface area contributed by atoms with Crippen molar-refractivity contribution in [2.24, 2.45) is 5.41 Å². The maximum absolute atomic E-state index is 12.4. The van der Waals surface area contributed by atoms with Gasteiger partial charge in [0.05, 0.1) is 11.9 Å².